The molecule has 22 heavy (non-hydrogen) atoms. The second-order valence-corrected chi connectivity index (χ2v) is 6.04. The van der Waals surface area contributed by atoms with E-state index in [0.717, 1.165) is 31.5 Å². The Morgan fingerprint density at radius 1 is 1.45 bits per heavy atom. The molecule has 7 heteroatoms. The fourth-order valence-electron chi connectivity index (χ4n) is 2.79. The molecule has 0 saturated carbocycles. The minimum atomic E-state index is -0.524. The SMILES string of the molecule is Cc1cnn(C2CCCN(c3ncc(C(N)=O)cc3Cl)C2)c1. The highest BCUT2D eigenvalue weighted by molar-refractivity contribution is 6.33. The van der Waals surface area contributed by atoms with Gasteiger partial charge in [0.1, 0.15) is 5.82 Å². The van der Waals surface area contributed by atoms with Gasteiger partial charge in [0.25, 0.3) is 0 Å². The number of aromatic nitrogens is 3. The number of anilines is 1. The van der Waals surface area contributed by atoms with Crippen molar-refractivity contribution in [2.45, 2.75) is 25.8 Å². The lowest BCUT2D eigenvalue weighted by Gasteiger charge is -2.34. The van der Waals surface area contributed by atoms with E-state index in [0.29, 0.717) is 22.4 Å². The number of piperidine rings is 1. The summed E-state index contributed by atoms with van der Waals surface area (Å²) in [6.07, 6.45) is 7.52. The summed E-state index contributed by atoms with van der Waals surface area (Å²) in [5.74, 6) is 0.171. The number of primary amides is 1. The van der Waals surface area contributed by atoms with Crippen LogP contribution in [0, 0.1) is 6.92 Å². The highest BCUT2D eigenvalue weighted by Gasteiger charge is 2.24. The Kier molecular flexibility index (Phi) is 4.02. The zero-order valence-corrected chi connectivity index (χ0v) is 13.1. The molecule has 1 unspecified atom stereocenters. The van der Waals surface area contributed by atoms with Gasteiger partial charge in [0, 0.05) is 25.5 Å². The highest BCUT2D eigenvalue weighted by Crippen LogP contribution is 2.30. The van der Waals surface area contributed by atoms with Gasteiger partial charge in [-0.05, 0) is 31.4 Å². The van der Waals surface area contributed by atoms with Crippen molar-refractivity contribution < 1.29 is 4.79 Å². The molecule has 0 spiro atoms. The molecule has 1 atom stereocenters. The first-order chi connectivity index (χ1) is 10.5. The van der Waals surface area contributed by atoms with E-state index in [1.54, 1.807) is 6.07 Å². The van der Waals surface area contributed by atoms with Crippen LogP contribution in [0.25, 0.3) is 0 Å². The van der Waals surface area contributed by atoms with Gasteiger partial charge < -0.3 is 10.6 Å². The summed E-state index contributed by atoms with van der Waals surface area (Å²) < 4.78 is 2.01. The summed E-state index contributed by atoms with van der Waals surface area (Å²) in [6, 6.07) is 1.88. The number of amides is 1. The number of carbonyl (C=O) groups excluding carboxylic acids is 1. The van der Waals surface area contributed by atoms with Crippen LogP contribution in [0.1, 0.15) is 34.8 Å². The Morgan fingerprint density at radius 3 is 2.91 bits per heavy atom. The van der Waals surface area contributed by atoms with Gasteiger partial charge in [0.15, 0.2) is 0 Å². The van der Waals surface area contributed by atoms with Crippen LogP contribution < -0.4 is 10.6 Å². The molecule has 2 aromatic rings. The minimum absolute atomic E-state index is 0.302. The van der Waals surface area contributed by atoms with Crippen molar-refractivity contribution in [1.29, 1.82) is 0 Å². The highest BCUT2D eigenvalue weighted by atomic mass is 35.5. The lowest BCUT2D eigenvalue weighted by molar-refractivity contribution is 0.1000. The molecule has 2 aromatic heterocycles. The van der Waals surface area contributed by atoms with Crippen molar-refractivity contribution in [3.05, 3.63) is 40.8 Å². The van der Waals surface area contributed by atoms with Gasteiger partial charge in [-0.3, -0.25) is 9.48 Å². The van der Waals surface area contributed by atoms with E-state index < -0.39 is 5.91 Å². The molecular weight excluding hydrogens is 302 g/mol. The molecule has 1 fully saturated rings. The summed E-state index contributed by atoms with van der Waals surface area (Å²) >= 11 is 6.27. The third kappa shape index (κ3) is 2.92. The van der Waals surface area contributed by atoms with Gasteiger partial charge in [-0.15, -0.1) is 0 Å². The van der Waals surface area contributed by atoms with E-state index in [9.17, 15) is 4.79 Å². The molecule has 6 nitrogen and oxygen atoms in total. The number of carbonyl (C=O) groups is 1. The molecule has 2 N–H and O–H groups in total. The fourth-order valence-corrected chi connectivity index (χ4v) is 3.08. The number of nitrogens with two attached hydrogens (primary N) is 1. The molecule has 1 aliphatic heterocycles. The van der Waals surface area contributed by atoms with Crippen molar-refractivity contribution in [1.82, 2.24) is 14.8 Å². The van der Waals surface area contributed by atoms with Crippen LogP contribution >= 0.6 is 11.6 Å². The van der Waals surface area contributed by atoms with Crippen LogP contribution in [0.3, 0.4) is 0 Å². The van der Waals surface area contributed by atoms with Gasteiger partial charge in [-0.1, -0.05) is 11.6 Å². The van der Waals surface area contributed by atoms with Crippen molar-refractivity contribution in [3.8, 4) is 0 Å². The Hall–Kier alpha value is -2.08. The zero-order valence-electron chi connectivity index (χ0n) is 12.4. The molecule has 1 saturated heterocycles. The average molecular weight is 320 g/mol. The topological polar surface area (TPSA) is 77.0 Å². The van der Waals surface area contributed by atoms with Crippen LogP contribution in [0.4, 0.5) is 5.82 Å². The van der Waals surface area contributed by atoms with Crippen LogP contribution in [-0.2, 0) is 0 Å². The normalized spacial score (nSPS) is 18.5. The van der Waals surface area contributed by atoms with Crippen molar-refractivity contribution in [2.75, 3.05) is 18.0 Å². The second kappa shape index (κ2) is 5.96. The molecule has 0 bridgehead atoms. The Balaban J connectivity index is 1.81. The molecule has 3 heterocycles. The van der Waals surface area contributed by atoms with Crippen LogP contribution in [0.2, 0.25) is 5.02 Å². The average Bonchev–Trinajstić information content (AvgIpc) is 2.94. The largest absolute Gasteiger partial charge is 0.366 e. The van der Waals surface area contributed by atoms with Gasteiger partial charge in [-0.2, -0.15) is 5.10 Å². The quantitative estimate of drug-likeness (QED) is 0.940. The number of pyridine rings is 1. The lowest BCUT2D eigenvalue weighted by atomic mass is 10.1. The summed E-state index contributed by atoms with van der Waals surface area (Å²) in [5, 5.41) is 4.86. The first kappa shape index (κ1) is 14.8. The molecule has 0 aliphatic carbocycles. The maximum absolute atomic E-state index is 11.2. The third-order valence-electron chi connectivity index (χ3n) is 3.91. The summed E-state index contributed by atoms with van der Waals surface area (Å²) in [5.41, 5.74) is 6.72. The Morgan fingerprint density at radius 2 is 2.27 bits per heavy atom. The number of halogens is 1. The molecule has 0 radical (unpaired) electrons. The van der Waals surface area contributed by atoms with Crippen LogP contribution in [0.15, 0.2) is 24.7 Å². The molecule has 116 valence electrons. The summed E-state index contributed by atoms with van der Waals surface area (Å²) in [7, 11) is 0. The van der Waals surface area contributed by atoms with Crippen LogP contribution in [-0.4, -0.2) is 33.8 Å². The molecule has 3 rings (SSSR count). The second-order valence-electron chi connectivity index (χ2n) is 5.63. The Bertz CT molecular complexity index is 699. The Labute approximate surface area is 133 Å². The first-order valence-electron chi connectivity index (χ1n) is 7.25. The summed E-state index contributed by atoms with van der Waals surface area (Å²) in [6.45, 7) is 3.72. The van der Waals surface area contributed by atoms with Gasteiger partial charge in [0.05, 0.1) is 22.8 Å². The van der Waals surface area contributed by atoms with Gasteiger partial charge >= 0.3 is 0 Å². The monoisotopic (exact) mass is 319 g/mol. The van der Waals surface area contributed by atoms with Gasteiger partial charge in [0.2, 0.25) is 5.91 Å². The fraction of sp³-hybridized carbons (Fsp3) is 0.400. The third-order valence-corrected chi connectivity index (χ3v) is 4.19. The molecular formula is C15H18ClN5O. The molecule has 1 amide bonds. The van der Waals surface area contributed by atoms with E-state index in [-0.39, 0.29) is 0 Å². The van der Waals surface area contributed by atoms with Gasteiger partial charge in [-0.25, -0.2) is 4.98 Å². The molecule has 0 aromatic carbocycles. The predicted octanol–water partition coefficient (Wildman–Crippen LogP) is 2.18. The number of aryl methyl sites for hydroxylation is 1. The maximum atomic E-state index is 11.2. The predicted molar refractivity (Wildman–Crippen MR) is 85.2 cm³/mol. The van der Waals surface area contributed by atoms with E-state index >= 15 is 0 Å². The number of hydrogen-bond acceptors (Lipinski definition) is 4. The first-order valence-corrected chi connectivity index (χ1v) is 7.63. The van der Waals surface area contributed by atoms with E-state index in [4.69, 9.17) is 17.3 Å². The van der Waals surface area contributed by atoms with Crippen LogP contribution in [0.5, 0.6) is 0 Å². The zero-order chi connectivity index (χ0) is 15.7. The van der Waals surface area contributed by atoms with E-state index in [2.05, 4.69) is 21.2 Å². The lowest BCUT2D eigenvalue weighted by Crippen LogP contribution is -2.37. The summed E-state index contributed by atoms with van der Waals surface area (Å²) in [4.78, 5) is 17.6. The van der Waals surface area contributed by atoms with Crippen molar-refractivity contribution in [3.63, 3.8) is 0 Å². The number of hydrogen-bond donors (Lipinski definition) is 1. The van der Waals surface area contributed by atoms with E-state index in [1.807, 2.05) is 17.8 Å². The molecule has 1 aliphatic rings. The van der Waals surface area contributed by atoms with E-state index in [1.165, 1.54) is 6.20 Å². The van der Waals surface area contributed by atoms with Crippen molar-refractivity contribution in [2.24, 2.45) is 5.73 Å². The number of nitrogens with zero attached hydrogens (tertiary/aromatic N) is 4. The maximum Gasteiger partial charge on any atom is 0.250 e. The smallest absolute Gasteiger partial charge is 0.250 e. The minimum Gasteiger partial charge on any atom is -0.366 e. The number of rotatable bonds is 3. The van der Waals surface area contributed by atoms with Crippen molar-refractivity contribution >= 4 is 23.3 Å². The standard InChI is InChI=1S/C15H18ClN5O/c1-10-6-19-21(8-10)12-3-2-4-20(9-12)15-13(16)5-11(7-18-15)14(17)22/h5-8,12H,2-4,9H2,1H3,(H2,17,22).